The summed E-state index contributed by atoms with van der Waals surface area (Å²) in [6, 6.07) is 5.78. The van der Waals surface area contributed by atoms with E-state index in [0.29, 0.717) is 11.7 Å². The molecule has 0 spiro atoms. The fourth-order valence-corrected chi connectivity index (χ4v) is 2.37. The molecule has 0 unspecified atom stereocenters. The first kappa shape index (κ1) is 17.5. The van der Waals surface area contributed by atoms with E-state index in [1.807, 2.05) is 25.1 Å². The third-order valence-electron chi connectivity index (χ3n) is 3.90. The summed E-state index contributed by atoms with van der Waals surface area (Å²) in [7, 11) is 0. The minimum Gasteiger partial charge on any atom is -0.440 e. The zero-order valence-corrected chi connectivity index (χ0v) is 16.0. The van der Waals surface area contributed by atoms with Crippen LogP contribution in [-0.2, 0) is 10.8 Å². The normalized spacial score (nSPS) is 14.0. The van der Waals surface area contributed by atoms with Crippen molar-refractivity contribution in [2.75, 3.05) is 5.32 Å². The number of anilines is 1. The molecule has 0 amide bonds. The molecule has 2 heterocycles. The standard InChI is InChI=1S/C19H26N4O2/c1-11(15-22-16(23-25-15)18(2,3)4)20-12-8-9-14-13(10-12)21-17(24-14)19(5,6)7/h8-11,20H,1-7H3/t11-/m1/s1. The molecule has 0 bridgehead atoms. The second-order valence-electron chi connectivity index (χ2n) is 8.52. The van der Waals surface area contributed by atoms with Gasteiger partial charge in [-0.2, -0.15) is 4.98 Å². The lowest BCUT2D eigenvalue weighted by molar-refractivity contribution is 0.354. The van der Waals surface area contributed by atoms with Crippen molar-refractivity contribution in [2.45, 2.75) is 65.3 Å². The van der Waals surface area contributed by atoms with Gasteiger partial charge in [0, 0.05) is 16.5 Å². The summed E-state index contributed by atoms with van der Waals surface area (Å²) in [4.78, 5) is 9.10. The quantitative estimate of drug-likeness (QED) is 0.723. The number of hydrogen-bond acceptors (Lipinski definition) is 6. The molecule has 3 aromatic rings. The Balaban J connectivity index is 1.81. The van der Waals surface area contributed by atoms with Crippen molar-refractivity contribution in [3.63, 3.8) is 0 Å². The van der Waals surface area contributed by atoms with E-state index in [1.54, 1.807) is 0 Å². The summed E-state index contributed by atoms with van der Waals surface area (Å²) in [5.41, 5.74) is 2.31. The van der Waals surface area contributed by atoms with Crippen LogP contribution in [0, 0.1) is 0 Å². The minimum atomic E-state index is -0.134. The molecule has 0 aliphatic rings. The molecule has 0 saturated carbocycles. The van der Waals surface area contributed by atoms with E-state index in [-0.39, 0.29) is 16.9 Å². The highest BCUT2D eigenvalue weighted by molar-refractivity contribution is 5.77. The van der Waals surface area contributed by atoms with Gasteiger partial charge < -0.3 is 14.3 Å². The maximum atomic E-state index is 5.84. The fraction of sp³-hybridized carbons (Fsp3) is 0.526. The average molecular weight is 342 g/mol. The predicted molar refractivity (Wildman–Crippen MR) is 97.7 cm³/mol. The molecule has 25 heavy (non-hydrogen) atoms. The van der Waals surface area contributed by atoms with Crippen LogP contribution in [0.5, 0.6) is 0 Å². The van der Waals surface area contributed by atoms with Crippen LogP contribution in [0.25, 0.3) is 11.1 Å². The van der Waals surface area contributed by atoms with E-state index in [9.17, 15) is 0 Å². The molecule has 0 saturated heterocycles. The number of nitrogens with one attached hydrogen (secondary N) is 1. The summed E-state index contributed by atoms with van der Waals surface area (Å²) < 4.78 is 11.2. The van der Waals surface area contributed by atoms with E-state index in [0.717, 1.165) is 22.7 Å². The lowest BCUT2D eigenvalue weighted by atomic mass is 9.96. The molecule has 1 atom stereocenters. The molecule has 1 N–H and O–H groups in total. The Morgan fingerprint density at radius 1 is 1.00 bits per heavy atom. The van der Waals surface area contributed by atoms with Gasteiger partial charge in [0.05, 0.1) is 0 Å². The largest absolute Gasteiger partial charge is 0.440 e. The van der Waals surface area contributed by atoms with Crippen molar-refractivity contribution in [1.29, 1.82) is 0 Å². The van der Waals surface area contributed by atoms with Crippen LogP contribution >= 0.6 is 0 Å². The fourth-order valence-electron chi connectivity index (χ4n) is 2.37. The molecular formula is C19H26N4O2. The van der Waals surface area contributed by atoms with Crippen molar-refractivity contribution in [3.8, 4) is 0 Å². The zero-order chi connectivity index (χ0) is 18.4. The molecule has 0 radical (unpaired) electrons. The Morgan fingerprint density at radius 2 is 1.72 bits per heavy atom. The monoisotopic (exact) mass is 342 g/mol. The second kappa shape index (κ2) is 5.86. The van der Waals surface area contributed by atoms with Crippen LogP contribution in [0.2, 0.25) is 0 Å². The van der Waals surface area contributed by atoms with Gasteiger partial charge in [-0.3, -0.25) is 0 Å². The molecule has 6 heteroatoms. The summed E-state index contributed by atoms with van der Waals surface area (Å²) in [6.45, 7) is 14.4. The summed E-state index contributed by atoms with van der Waals surface area (Å²) in [5.74, 6) is 2.01. The van der Waals surface area contributed by atoms with Crippen LogP contribution in [-0.4, -0.2) is 15.1 Å². The number of aromatic nitrogens is 3. The molecule has 6 nitrogen and oxygen atoms in total. The van der Waals surface area contributed by atoms with Gasteiger partial charge in [0.15, 0.2) is 11.4 Å². The molecule has 0 fully saturated rings. The van der Waals surface area contributed by atoms with Crippen molar-refractivity contribution >= 4 is 16.8 Å². The van der Waals surface area contributed by atoms with E-state index >= 15 is 0 Å². The topological polar surface area (TPSA) is 77.0 Å². The minimum absolute atomic E-state index is 0.102. The van der Waals surface area contributed by atoms with Gasteiger partial charge in [0.2, 0.25) is 11.8 Å². The summed E-state index contributed by atoms with van der Waals surface area (Å²) in [6.07, 6.45) is 0. The third kappa shape index (κ3) is 3.67. The molecular weight excluding hydrogens is 316 g/mol. The lowest BCUT2D eigenvalue weighted by Gasteiger charge is -2.12. The average Bonchev–Trinajstić information content (AvgIpc) is 3.12. The zero-order valence-electron chi connectivity index (χ0n) is 16.0. The first-order valence-electron chi connectivity index (χ1n) is 8.56. The Hall–Kier alpha value is -2.37. The Kier molecular flexibility index (Phi) is 4.09. The van der Waals surface area contributed by atoms with Crippen molar-refractivity contribution in [1.82, 2.24) is 15.1 Å². The molecule has 3 rings (SSSR count). The van der Waals surface area contributed by atoms with Crippen molar-refractivity contribution < 1.29 is 8.94 Å². The van der Waals surface area contributed by atoms with Crippen LogP contribution in [0.1, 0.15) is 72.1 Å². The van der Waals surface area contributed by atoms with Gasteiger partial charge in [-0.05, 0) is 25.1 Å². The highest BCUT2D eigenvalue weighted by atomic mass is 16.5. The van der Waals surface area contributed by atoms with Crippen molar-refractivity contribution in [3.05, 3.63) is 35.8 Å². The second-order valence-corrected chi connectivity index (χ2v) is 8.52. The molecule has 1 aromatic carbocycles. The number of hydrogen-bond donors (Lipinski definition) is 1. The van der Waals surface area contributed by atoms with Gasteiger partial charge in [0.1, 0.15) is 11.6 Å². The van der Waals surface area contributed by atoms with Gasteiger partial charge >= 0.3 is 0 Å². The van der Waals surface area contributed by atoms with Crippen LogP contribution in [0.3, 0.4) is 0 Å². The van der Waals surface area contributed by atoms with Crippen molar-refractivity contribution in [2.24, 2.45) is 0 Å². The van der Waals surface area contributed by atoms with Crippen LogP contribution in [0.4, 0.5) is 5.69 Å². The number of oxazole rings is 1. The Bertz CT molecular complexity index is 881. The third-order valence-corrected chi connectivity index (χ3v) is 3.90. The molecule has 2 aromatic heterocycles. The van der Waals surface area contributed by atoms with E-state index in [4.69, 9.17) is 8.94 Å². The maximum absolute atomic E-state index is 5.84. The van der Waals surface area contributed by atoms with Crippen LogP contribution in [0.15, 0.2) is 27.1 Å². The van der Waals surface area contributed by atoms with Gasteiger partial charge in [-0.15, -0.1) is 0 Å². The molecule has 134 valence electrons. The number of rotatable bonds is 3. The first-order valence-corrected chi connectivity index (χ1v) is 8.56. The number of nitrogens with zero attached hydrogens (tertiary/aromatic N) is 3. The number of fused-ring (bicyclic) bond motifs is 1. The lowest BCUT2D eigenvalue weighted by Crippen LogP contribution is -2.14. The molecule has 0 aliphatic carbocycles. The Labute approximate surface area is 148 Å². The van der Waals surface area contributed by atoms with E-state index in [1.165, 1.54) is 0 Å². The van der Waals surface area contributed by atoms with Crippen LogP contribution < -0.4 is 5.32 Å². The highest BCUT2D eigenvalue weighted by Crippen LogP contribution is 2.29. The first-order chi connectivity index (χ1) is 11.5. The van der Waals surface area contributed by atoms with Gasteiger partial charge in [-0.1, -0.05) is 46.7 Å². The predicted octanol–water partition coefficient (Wildman–Crippen LogP) is 4.98. The van der Waals surface area contributed by atoms with E-state index < -0.39 is 0 Å². The van der Waals surface area contributed by atoms with Gasteiger partial charge in [-0.25, -0.2) is 4.98 Å². The number of benzene rings is 1. The summed E-state index contributed by atoms with van der Waals surface area (Å²) >= 11 is 0. The Morgan fingerprint density at radius 3 is 2.32 bits per heavy atom. The summed E-state index contributed by atoms with van der Waals surface area (Å²) in [5, 5.41) is 7.46. The maximum Gasteiger partial charge on any atom is 0.248 e. The molecule has 0 aliphatic heterocycles. The van der Waals surface area contributed by atoms with E-state index in [2.05, 4.69) is 62.0 Å². The highest BCUT2D eigenvalue weighted by Gasteiger charge is 2.24. The van der Waals surface area contributed by atoms with Gasteiger partial charge in [0.25, 0.3) is 0 Å². The SMILES string of the molecule is C[C@@H](Nc1ccc2oc(C(C)(C)C)nc2c1)c1nc(C(C)(C)C)no1. The smallest absolute Gasteiger partial charge is 0.248 e.